The van der Waals surface area contributed by atoms with Crippen molar-refractivity contribution in [2.24, 2.45) is 0 Å². The quantitative estimate of drug-likeness (QED) is 0.694. The molecule has 5 nitrogen and oxygen atoms in total. The number of nitrogens with zero attached hydrogens (tertiary/aromatic N) is 2. The number of hydrogen-bond donors (Lipinski definition) is 3. The fraction of sp³-hybridized carbons (Fsp3) is 0.429. The molecule has 4 N–H and O–H groups in total. The van der Waals surface area contributed by atoms with Gasteiger partial charge in [0.2, 0.25) is 17.7 Å². The van der Waals surface area contributed by atoms with Crippen LogP contribution in [0.15, 0.2) is 0 Å². The van der Waals surface area contributed by atoms with Crippen LogP contribution in [0.2, 0.25) is 0 Å². The van der Waals surface area contributed by atoms with E-state index < -0.39 is 36.7 Å². The van der Waals surface area contributed by atoms with Crippen molar-refractivity contribution in [2.45, 2.75) is 19.0 Å². The second kappa shape index (κ2) is 3.79. The minimum atomic E-state index is -4.37. The summed E-state index contributed by atoms with van der Waals surface area (Å²) < 4.78 is 35.6. The van der Waals surface area contributed by atoms with Gasteiger partial charge in [0.15, 0.2) is 0 Å². The number of nitrogens with two attached hydrogens (primary N) is 1. The van der Waals surface area contributed by atoms with Gasteiger partial charge in [-0.25, -0.2) is 0 Å². The smallest absolute Gasteiger partial charge is 0.389 e. The summed E-state index contributed by atoms with van der Waals surface area (Å²) in [6.45, 7) is 0. The minimum Gasteiger partial charge on any atom is -0.493 e. The van der Waals surface area contributed by atoms with Gasteiger partial charge in [0.25, 0.3) is 0 Å². The topological polar surface area (TPSA) is 92.3 Å². The highest BCUT2D eigenvalue weighted by atomic mass is 19.4. The highest BCUT2D eigenvalue weighted by Crippen LogP contribution is 2.29. The molecule has 0 aliphatic carbocycles. The van der Waals surface area contributed by atoms with Crippen LogP contribution in [0.4, 0.5) is 19.1 Å². The number of aromatic hydroxyl groups is 2. The van der Waals surface area contributed by atoms with E-state index in [4.69, 9.17) is 15.9 Å². The van der Waals surface area contributed by atoms with Crippen LogP contribution in [-0.2, 0) is 6.42 Å². The van der Waals surface area contributed by atoms with Gasteiger partial charge in [-0.1, -0.05) is 0 Å². The summed E-state index contributed by atoms with van der Waals surface area (Å²) in [7, 11) is 0. The van der Waals surface area contributed by atoms with Crippen LogP contribution < -0.4 is 5.73 Å². The summed E-state index contributed by atoms with van der Waals surface area (Å²) >= 11 is 0. The van der Waals surface area contributed by atoms with Crippen molar-refractivity contribution < 1.29 is 23.4 Å². The molecule has 8 heteroatoms. The first-order valence-electron chi connectivity index (χ1n) is 3.90. The molecule has 0 saturated carbocycles. The molecule has 0 aliphatic rings. The summed E-state index contributed by atoms with van der Waals surface area (Å²) in [5.41, 5.74) is 4.69. The Morgan fingerprint density at radius 1 is 1.13 bits per heavy atom. The molecule has 0 radical (unpaired) electrons. The molecular formula is C7H8F3N3O2. The maximum atomic E-state index is 11.9. The molecular weight excluding hydrogens is 215 g/mol. The van der Waals surface area contributed by atoms with E-state index in [2.05, 4.69) is 9.97 Å². The maximum Gasteiger partial charge on any atom is 0.389 e. The number of nitrogen functional groups attached to an aromatic ring is 1. The number of alkyl halides is 3. The van der Waals surface area contributed by atoms with Gasteiger partial charge >= 0.3 is 6.18 Å². The first kappa shape index (κ1) is 11.3. The molecule has 0 bridgehead atoms. The van der Waals surface area contributed by atoms with Crippen LogP contribution in [0.3, 0.4) is 0 Å². The van der Waals surface area contributed by atoms with Crippen molar-refractivity contribution in [3.63, 3.8) is 0 Å². The predicted molar refractivity (Wildman–Crippen MR) is 44.2 cm³/mol. The summed E-state index contributed by atoms with van der Waals surface area (Å²) in [4.78, 5) is 6.46. The van der Waals surface area contributed by atoms with E-state index in [9.17, 15) is 13.2 Å². The molecule has 0 spiro atoms. The standard InChI is InChI=1S/C7H8F3N3O2/c8-7(9,10)2-1-3-4(14)12-6(11)13-5(3)15/h1-2H2,(H4,11,12,13,14,15). The number of aromatic nitrogens is 2. The number of halogens is 3. The first-order valence-corrected chi connectivity index (χ1v) is 3.90. The van der Waals surface area contributed by atoms with Crippen molar-refractivity contribution in [3.8, 4) is 11.8 Å². The fourth-order valence-electron chi connectivity index (χ4n) is 0.967. The van der Waals surface area contributed by atoms with Crippen molar-refractivity contribution in [1.29, 1.82) is 0 Å². The third-order valence-electron chi connectivity index (χ3n) is 1.64. The number of anilines is 1. The molecule has 0 unspecified atom stereocenters. The first-order chi connectivity index (χ1) is 6.79. The van der Waals surface area contributed by atoms with Crippen LogP contribution in [0.25, 0.3) is 0 Å². The third-order valence-corrected chi connectivity index (χ3v) is 1.64. The lowest BCUT2D eigenvalue weighted by atomic mass is 10.1. The molecule has 0 fully saturated rings. The largest absolute Gasteiger partial charge is 0.493 e. The average Bonchev–Trinajstić information content (AvgIpc) is 1.99. The number of rotatable bonds is 2. The molecule has 0 aromatic carbocycles. The SMILES string of the molecule is Nc1nc(O)c(CCC(F)(F)F)c(O)n1. The highest BCUT2D eigenvalue weighted by molar-refractivity contribution is 5.38. The van der Waals surface area contributed by atoms with Crippen molar-refractivity contribution in [2.75, 3.05) is 5.73 Å². The Morgan fingerprint density at radius 3 is 2.00 bits per heavy atom. The Hall–Kier alpha value is -1.73. The monoisotopic (exact) mass is 223 g/mol. The minimum absolute atomic E-state index is 0.360. The molecule has 1 aromatic rings. The van der Waals surface area contributed by atoms with E-state index in [1.165, 1.54) is 0 Å². The molecule has 0 atom stereocenters. The summed E-state index contributed by atoms with van der Waals surface area (Å²) in [5.74, 6) is -1.87. The van der Waals surface area contributed by atoms with E-state index >= 15 is 0 Å². The number of hydrogen-bond acceptors (Lipinski definition) is 5. The lowest BCUT2D eigenvalue weighted by molar-refractivity contribution is -0.134. The van der Waals surface area contributed by atoms with Gasteiger partial charge in [-0.05, 0) is 6.42 Å². The van der Waals surface area contributed by atoms with Crippen LogP contribution in [0, 0.1) is 0 Å². The van der Waals surface area contributed by atoms with E-state index in [0.29, 0.717) is 0 Å². The normalized spacial score (nSPS) is 11.7. The Bertz CT molecular complexity index is 344. The van der Waals surface area contributed by atoms with Gasteiger partial charge in [0.05, 0.1) is 5.56 Å². The molecule has 1 heterocycles. The molecule has 0 saturated heterocycles. The highest BCUT2D eigenvalue weighted by Gasteiger charge is 2.28. The van der Waals surface area contributed by atoms with E-state index in [1.807, 2.05) is 0 Å². The maximum absolute atomic E-state index is 11.9. The third kappa shape index (κ3) is 3.15. The molecule has 0 amide bonds. The zero-order chi connectivity index (χ0) is 11.6. The van der Waals surface area contributed by atoms with Gasteiger partial charge in [-0.2, -0.15) is 23.1 Å². The predicted octanol–water partition coefficient (Wildman–Crippen LogP) is 0.965. The Balaban J connectivity index is 2.86. The van der Waals surface area contributed by atoms with Crippen molar-refractivity contribution in [1.82, 2.24) is 9.97 Å². The lowest BCUT2D eigenvalue weighted by Gasteiger charge is -2.08. The molecule has 0 aliphatic heterocycles. The Kier molecular flexibility index (Phi) is 2.87. The summed E-state index contributed by atoms with van der Waals surface area (Å²) in [6.07, 6.45) is -6.15. The van der Waals surface area contributed by atoms with Crippen LogP contribution >= 0.6 is 0 Å². The second-order valence-corrected chi connectivity index (χ2v) is 2.82. The van der Waals surface area contributed by atoms with E-state index in [0.717, 1.165) is 0 Å². The zero-order valence-corrected chi connectivity index (χ0v) is 7.41. The van der Waals surface area contributed by atoms with Gasteiger partial charge in [-0.15, -0.1) is 0 Å². The second-order valence-electron chi connectivity index (χ2n) is 2.82. The molecule has 15 heavy (non-hydrogen) atoms. The fourth-order valence-corrected chi connectivity index (χ4v) is 0.967. The van der Waals surface area contributed by atoms with Gasteiger partial charge in [-0.3, -0.25) is 0 Å². The van der Waals surface area contributed by atoms with Gasteiger partial charge in [0.1, 0.15) is 0 Å². The van der Waals surface area contributed by atoms with Gasteiger partial charge in [0, 0.05) is 6.42 Å². The molecule has 1 aromatic heterocycles. The summed E-state index contributed by atoms with van der Waals surface area (Å²) in [5, 5.41) is 18.2. The van der Waals surface area contributed by atoms with Crippen LogP contribution in [0.1, 0.15) is 12.0 Å². The zero-order valence-electron chi connectivity index (χ0n) is 7.41. The van der Waals surface area contributed by atoms with Crippen LogP contribution in [-0.4, -0.2) is 26.4 Å². The van der Waals surface area contributed by atoms with Crippen molar-refractivity contribution >= 4 is 5.95 Å². The van der Waals surface area contributed by atoms with E-state index in [-0.39, 0.29) is 5.56 Å². The molecule has 1 rings (SSSR count). The Morgan fingerprint density at radius 2 is 1.60 bits per heavy atom. The Labute approximate surface area is 82.4 Å². The van der Waals surface area contributed by atoms with Gasteiger partial charge < -0.3 is 15.9 Å². The van der Waals surface area contributed by atoms with Crippen LogP contribution in [0.5, 0.6) is 11.8 Å². The molecule has 84 valence electrons. The van der Waals surface area contributed by atoms with E-state index in [1.54, 1.807) is 0 Å². The lowest BCUT2D eigenvalue weighted by Crippen LogP contribution is -2.09. The average molecular weight is 223 g/mol. The summed E-state index contributed by atoms with van der Waals surface area (Å²) in [6, 6.07) is 0. The van der Waals surface area contributed by atoms with Crippen molar-refractivity contribution in [3.05, 3.63) is 5.56 Å².